The highest BCUT2D eigenvalue weighted by Crippen LogP contribution is 2.41. The van der Waals surface area contributed by atoms with Gasteiger partial charge in [0.05, 0.1) is 12.2 Å². The maximum absolute atomic E-state index is 14.0. The molecule has 2 N–H and O–H groups in total. The molecule has 166 valence electrons. The van der Waals surface area contributed by atoms with Crippen molar-refractivity contribution in [1.82, 2.24) is 19.7 Å². The summed E-state index contributed by atoms with van der Waals surface area (Å²) in [4.78, 5) is 14.7. The van der Waals surface area contributed by atoms with E-state index >= 15 is 0 Å². The Bertz CT molecular complexity index is 1190. The number of aromatic nitrogens is 3. The maximum Gasteiger partial charge on any atom is 0.224 e. The first-order valence-corrected chi connectivity index (χ1v) is 10.6. The summed E-state index contributed by atoms with van der Waals surface area (Å²) >= 11 is 0. The number of nitrogens with zero attached hydrogens (tertiary/aromatic N) is 4. The van der Waals surface area contributed by atoms with Crippen molar-refractivity contribution in [3.05, 3.63) is 76.6 Å². The third-order valence-corrected chi connectivity index (χ3v) is 5.98. The summed E-state index contributed by atoms with van der Waals surface area (Å²) in [6.07, 6.45) is 2.02. The quantitative estimate of drug-likeness (QED) is 0.616. The molecule has 3 aromatic rings. The molecule has 0 saturated heterocycles. The molecule has 9 heteroatoms. The number of hydrogen-bond acceptors (Lipinski definition) is 4. The van der Waals surface area contributed by atoms with E-state index in [9.17, 15) is 18.0 Å². The van der Waals surface area contributed by atoms with E-state index in [-0.39, 0.29) is 30.9 Å². The summed E-state index contributed by atoms with van der Waals surface area (Å²) in [5, 5.41) is 8.73. The van der Waals surface area contributed by atoms with Crippen LogP contribution in [-0.2, 0) is 24.3 Å². The molecule has 1 aromatic heterocycles. The number of halogens is 3. The van der Waals surface area contributed by atoms with E-state index in [1.165, 1.54) is 0 Å². The van der Waals surface area contributed by atoms with Crippen LogP contribution in [0.3, 0.4) is 0 Å². The highest BCUT2D eigenvalue weighted by Gasteiger charge is 2.34. The lowest BCUT2D eigenvalue weighted by atomic mass is 10.0. The van der Waals surface area contributed by atoms with Gasteiger partial charge in [0, 0.05) is 31.0 Å². The molecular formula is C23H22F3N5O. The standard InChI is InChI=1S/C23H22F3N5O/c24-17-10-19(26)18(25)8-15(17)7-16(27)9-22(32)30-11-14-3-1-2-4-20(14)31-21(12-30)28-29-23(31)13-5-6-13/h1-4,8,10,13,16H,5-7,9,11-12,27H2/t16-/m1/s1. The van der Waals surface area contributed by atoms with E-state index in [4.69, 9.17) is 5.73 Å². The van der Waals surface area contributed by atoms with Crippen molar-refractivity contribution < 1.29 is 18.0 Å². The summed E-state index contributed by atoms with van der Waals surface area (Å²) in [7, 11) is 0. The summed E-state index contributed by atoms with van der Waals surface area (Å²) < 4.78 is 42.7. The van der Waals surface area contributed by atoms with Gasteiger partial charge in [-0.15, -0.1) is 10.2 Å². The summed E-state index contributed by atoms with van der Waals surface area (Å²) in [5.41, 5.74) is 7.97. The van der Waals surface area contributed by atoms with Gasteiger partial charge in [-0.1, -0.05) is 18.2 Å². The zero-order valence-electron chi connectivity index (χ0n) is 17.3. The molecule has 0 spiro atoms. The normalized spacial score (nSPS) is 16.3. The van der Waals surface area contributed by atoms with Crippen molar-refractivity contribution in [1.29, 1.82) is 0 Å². The summed E-state index contributed by atoms with van der Waals surface area (Å²) in [6.45, 7) is 0.661. The minimum Gasteiger partial charge on any atom is -0.331 e. The molecule has 2 aliphatic rings. The molecule has 2 aromatic carbocycles. The number of carbonyl (C=O) groups is 1. The molecule has 1 atom stereocenters. The lowest BCUT2D eigenvalue weighted by Gasteiger charge is -2.22. The second-order valence-electron chi connectivity index (χ2n) is 8.49. The van der Waals surface area contributed by atoms with Crippen LogP contribution in [0.2, 0.25) is 0 Å². The number of rotatable bonds is 5. The van der Waals surface area contributed by atoms with Gasteiger partial charge in [0.15, 0.2) is 17.5 Å². The fourth-order valence-electron chi connectivity index (χ4n) is 4.20. The Labute approximate surface area is 182 Å². The van der Waals surface area contributed by atoms with Crippen molar-refractivity contribution in [3.8, 4) is 5.69 Å². The van der Waals surface area contributed by atoms with E-state index < -0.39 is 23.5 Å². The number of fused-ring (bicyclic) bond motifs is 3. The van der Waals surface area contributed by atoms with Crippen LogP contribution in [0.15, 0.2) is 36.4 Å². The van der Waals surface area contributed by atoms with E-state index in [0.717, 1.165) is 36.0 Å². The number of hydrogen-bond donors (Lipinski definition) is 1. The Morgan fingerprint density at radius 2 is 1.81 bits per heavy atom. The first-order chi connectivity index (χ1) is 15.4. The third kappa shape index (κ3) is 3.88. The van der Waals surface area contributed by atoms with Gasteiger partial charge in [0.1, 0.15) is 11.6 Å². The van der Waals surface area contributed by atoms with Crippen molar-refractivity contribution in [2.45, 2.75) is 50.7 Å². The molecule has 1 amide bonds. The zero-order valence-corrected chi connectivity index (χ0v) is 17.3. The van der Waals surface area contributed by atoms with Crippen molar-refractivity contribution in [3.63, 3.8) is 0 Å². The largest absolute Gasteiger partial charge is 0.331 e. The van der Waals surface area contributed by atoms with Crippen LogP contribution < -0.4 is 5.73 Å². The number of para-hydroxylation sites is 1. The molecule has 2 heterocycles. The van der Waals surface area contributed by atoms with Crippen LogP contribution in [0.1, 0.15) is 48.0 Å². The van der Waals surface area contributed by atoms with Gasteiger partial charge in [-0.3, -0.25) is 9.36 Å². The molecule has 0 bridgehead atoms. The Kier molecular flexibility index (Phi) is 5.21. The minimum atomic E-state index is -1.26. The minimum absolute atomic E-state index is 0.0563. The van der Waals surface area contributed by atoms with Crippen molar-refractivity contribution in [2.75, 3.05) is 0 Å². The first-order valence-electron chi connectivity index (χ1n) is 10.6. The molecule has 1 aliphatic heterocycles. The van der Waals surface area contributed by atoms with Crippen LogP contribution in [0.4, 0.5) is 13.2 Å². The molecule has 1 fully saturated rings. The summed E-state index contributed by atoms with van der Waals surface area (Å²) in [6, 6.07) is 8.38. The average molecular weight is 441 g/mol. The number of benzene rings is 2. The van der Waals surface area contributed by atoms with Crippen molar-refractivity contribution in [2.24, 2.45) is 5.73 Å². The number of carbonyl (C=O) groups excluding carboxylic acids is 1. The smallest absolute Gasteiger partial charge is 0.224 e. The van der Waals surface area contributed by atoms with Gasteiger partial charge in [-0.2, -0.15) is 0 Å². The second kappa shape index (κ2) is 8.05. The molecule has 32 heavy (non-hydrogen) atoms. The van der Waals surface area contributed by atoms with Crippen LogP contribution in [-0.4, -0.2) is 31.6 Å². The number of nitrogens with two attached hydrogens (primary N) is 1. The van der Waals surface area contributed by atoms with Gasteiger partial charge in [0.25, 0.3) is 0 Å². The molecule has 5 rings (SSSR count). The Hall–Kier alpha value is -3.20. The SMILES string of the molecule is N[C@@H](CC(=O)N1Cc2ccccc2-n2c(nnc2C2CC2)C1)Cc1cc(F)c(F)cc1F. The van der Waals surface area contributed by atoms with Crippen LogP contribution in [0.5, 0.6) is 0 Å². The molecule has 1 aliphatic carbocycles. The highest BCUT2D eigenvalue weighted by molar-refractivity contribution is 5.77. The monoisotopic (exact) mass is 441 g/mol. The molecule has 0 unspecified atom stereocenters. The zero-order chi connectivity index (χ0) is 22.4. The van der Waals surface area contributed by atoms with E-state index in [1.54, 1.807) is 4.90 Å². The predicted octanol–water partition coefficient (Wildman–Crippen LogP) is 3.36. The second-order valence-corrected chi connectivity index (χ2v) is 8.49. The summed E-state index contributed by atoms with van der Waals surface area (Å²) in [5.74, 6) is -1.50. The Balaban J connectivity index is 1.36. The molecule has 0 radical (unpaired) electrons. The average Bonchev–Trinajstić information content (AvgIpc) is 3.54. The van der Waals surface area contributed by atoms with E-state index in [1.807, 2.05) is 24.3 Å². The van der Waals surface area contributed by atoms with E-state index in [0.29, 0.717) is 24.4 Å². The maximum atomic E-state index is 14.0. The first kappa shape index (κ1) is 20.7. The van der Waals surface area contributed by atoms with Gasteiger partial charge in [-0.05, 0) is 42.5 Å². The fraction of sp³-hybridized carbons (Fsp3) is 0.348. The predicted molar refractivity (Wildman–Crippen MR) is 110 cm³/mol. The Morgan fingerprint density at radius 1 is 1.06 bits per heavy atom. The van der Waals surface area contributed by atoms with Crippen LogP contribution >= 0.6 is 0 Å². The lowest BCUT2D eigenvalue weighted by molar-refractivity contribution is -0.132. The van der Waals surface area contributed by atoms with Crippen molar-refractivity contribution >= 4 is 5.91 Å². The van der Waals surface area contributed by atoms with Gasteiger partial charge in [-0.25, -0.2) is 13.2 Å². The topological polar surface area (TPSA) is 77.0 Å². The number of amides is 1. The van der Waals surface area contributed by atoms with Crippen LogP contribution in [0, 0.1) is 17.5 Å². The lowest BCUT2D eigenvalue weighted by Crippen LogP contribution is -2.36. The molecular weight excluding hydrogens is 419 g/mol. The highest BCUT2D eigenvalue weighted by atomic mass is 19.2. The molecule has 6 nitrogen and oxygen atoms in total. The van der Waals surface area contributed by atoms with E-state index in [2.05, 4.69) is 14.8 Å². The van der Waals surface area contributed by atoms with Gasteiger partial charge in [0.2, 0.25) is 5.91 Å². The van der Waals surface area contributed by atoms with Gasteiger partial charge >= 0.3 is 0 Å². The molecule has 1 saturated carbocycles. The third-order valence-electron chi connectivity index (χ3n) is 5.98. The Morgan fingerprint density at radius 3 is 2.59 bits per heavy atom. The van der Waals surface area contributed by atoms with Crippen LogP contribution in [0.25, 0.3) is 5.69 Å². The van der Waals surface area contributed by atoms with Gasteiger partial charge < -0.3 is 10.6 Å². The fourth-order valence-corrected chi connectivity index (χ4v) is 4.20.